The number of hydrogen-bond donors (Lipinski definition) is 1. The van der Waals surface area contributed by atoms with Gasteiger partial charge in [0.1, 0.15) is 5.75 Å². The predicted octanol–water partition coefficient (Wildman–Crippen LogP) is 2.73. The van der Waals surface area contributed by atoms with E-state index in [0.717, 1.165) is 17.7 Å². The molecule has 1 heterocycles. The Hall–Kier alpha value is -2.04. The van der Waals surface area contributed by atoms with Crippen LogP contribution in [0.3, 0.4) is 0 Å². The monoisotopic (exact) mass is 319 g/mol. The van der Waals surface area contributed by atoms with Crippen LogP contribution in [0, 0.1) is 5.92 Å². The van der Waals surface area contributed by atoms with Crippen molar-refractivity contribution in [2.24, 2.45) is 5.92 Å². The second-order valence-corrected chi connectivity index (χ2v) is 5.99. The summed E-state index contributed by atoms with van der Waals surface area (Å²) in [4.78, 5) is 24.9. The van der Waals surface area contributed by atoms with E-state index in [9.17, 15) is 9.59 Å². The lowest BCUT2D eigenvalue weighted by molar-refractivity contribution is -0.145. The zero-order valence-corrected chi connectivity index (χ0v) is 13.7. The van der Waals surface area contributed by atoms with E-state index >= 15 is 0 Å². The number of carboxylic acid groups (broad SMARTS) is 1. The first-order chi connectivity index (χ1) is 11.1. The van der Waals surface area contributed by atoms with Gasteiger partial charge < -0.3 is 14.7 Å². The maximum Gasteiger partial charge on any atom is 0.306 e. The smallest absolute Gasteiger partial charge is 0.306 e. The first-order valence-electron chi connectivity index (χ1n) is 8.32. The van der Waals surface area contributed by atoms with Crippen LogP contribution in [-0.4, -0.2) is 41.6 Å². The van der Waals surface area contributed by atoms with Gasteiger partial charge in [-0.2, -0.15) is 0 Å². The summed E-state index contributed by atoms with van der Waals surface area (Å²) >= 11 is 0. The number of piperidine rings is 1. The van der Waals surface area contributed by atoms with Crippen LogP contribution in [-0.2, 0) is 16.0 Å². The minimum Gasteiger partial charge on any atom is -0.494 e. The van der Waals surface area contributed by atoms with Gasteiger partial charge in [-0.3, -0.25) is 9.59 Å². The number of aryl methyl sites for hydroxylation is 1. The number of carbonyl (C=O) groups excluding carboxylic acids is 1. The summed E-state index contributed by atoms with van der Waals surface area (Å²) in [5.41, 5.74) is 1.11. The van der Waals surface area contributed by atoms with Crippen LogP contribution < -0.4 is 4.74 Å². The molecule has 5 heteroatoms. The van der Waals surface area contributed by atoms with Crippen LogP contribution in [0.4, 0.5) is 0 Å². The number of carboxylic acids is 1. The van der Waals surface area contributed by atoms with Crippen molar-refractivity contribution in [3.63, 3.8) is 0 Å². The number of amides is 1. The maximum atomic E-state index is 12.2. The van der Waals surface area contributed by atoms with Crippen molar-refractivity contribution in [2.75, 3.05) is 19.7 Å². The predicted molar refractivity (Wildman–Crippen MR) is 87.5 cm³/mol. The van der Waals surface area contributed by atoms with E-state index in [1.807, 2.05) is 24.3 Å². The van der Waals surface area contributed by atoms with Crippen molar-refractivity contribution >= 4 is 11.9 Å². The van der Waals surface area contributed by atoms with Gasteiger partial charge in [-0.05, 0) is 43.4 Å². The molecule has 1 aliphatic heterocycles. The summed E-state index contributed by atoms with van der Waals surface area (Å²) < 4.78 is 5.54. The van der Waals surface area contributed by atoms with Gasteiger partial charge in [0, 0.05) is 19.5 Å². The Balaban J connectivity index is 1.75. The lowest BCUT2D eigenvalue weighted by atomic mass is 9.96. The van der Waals surface area contributed by atoms with Crippen molar-refractivity contribution in [2.45, 2.75) is 39.0 Å². The molecule has 1 aromatic carbocycles. The summed E-state index contributed by atoms with van der Waals surface area (Å²) in [5, 5.41) is 8.98. The molecule has 5 nitrogen and oxygen atoms in total. The molecule has 0 unspecified atom stereocenters. The summed E-state index contributed by atoms with van der Waals surface area (Å²) in [6.07, 6.45) is 3.27. The number of carbonyl (C=O) groups is 2. The molecule has 1 aromatic rings. The quantitative estimate of drug-likeness (QED) is 0.839. The number of rotatable bonds is 7. The number of ether oxygens (including phenoxy) is 1. The van der Waals surface area contributed by atoms with Crippen molar-refractivity contribution in [1.29, 1.82) is 0 Å². The fourth-order valence-corrected chi connectivity index (χ4v) is 2.76. The van der Waals surface area contributed by atoms with E-state index in [2.05, 4.69) is 6.92 Å². The Labute approximate surface area is 137 Å². The zero-order chi connectivity index (χ0) is 16.7. The van der Waals surface area contributed by atoms with Crippen LogP contribution in [0.2, 0.25) is 0 Å². The number of aliphatic carboxylic acids is 1. The average molecular weight is 319 g/mol. The van der Waals surface area contributed by atoms with Crippen LogP contribution in [0.15, 0.2) is 24.3 Å². The Morgan fingerprint density at radius 1 is 1.22 bits per heavy atom. The summed E-state index contributed by atoms with van der Waals surface area (Å²) in [5.74, 6) is -0.0741. The van der Waals surface area contributed by atoms with Crippen molar-refractivity contribution in [3.8, 4) is 5.75 Å². The molecule has 0 spiro atoms. The third-order valence-electron chi connectivity index (χ3n) is 4.22. The molecule has 1 saturated heterocycles. The molecule has 0 atom stereocenters. The Kier molecular flexibility index (Phi) is 6.44. The van der Waals surface area contributed by atoms with E-state index in [0.29, 0.717) is 45.4 Å². The number of nitrogens with zero attached hydrogens (tertiary/aromatic N) is 1. The molecule has 0 saturated carbocycles. The van der Waals surface area contributed by atoms with Crippen LogP contribution in [0.25, 0.3) is 0 Å². The third kappa shape index (κ3) is 5.27. The van der Waals surface area contributed by atoms with Gasteiger partial charge >= 0.3 is 5.97 Å². The minimum absolute atomic E-state index is 0.111. The average Bonchev–Trinajstić information content (AvgIpc) is 2.58. The molecule has 0 aromatic heterocycles. The number of likely N-dealkylation sites (tertiary alicyclic amines) is 1. The molecule has 1 fully saturated rings. The van der Waals surface area contributed by atoms with Crippen molar-refractivity contribution in [1.82, 2.24) is 4.90 Å². The molecule has 0 bridgehead atoms. The Morgan fingerprint density at radius 3 is 2.43 bits per heavy atom. The molecule has 2 rings (SSSR count). The van der Waals surface area contributed by atoms with Gasteiger partial charge in [0.05, 0.1) is 12.5 Å². The highest BCUT2D eigenvalue weighted by Gasteiger charge is 2.26. The largest absolute Gasteiger partial charge is 0.494 e. The molecule has 1 aliphatic rings. The molecular weight excluding hydrogens is 294 g/mol. The second-order valence-electron chi connectivity index (χ2n) is 5.99. The molecular formula is C18H25NO4. The highest BCUT2D eigenvalue weighted by molar-refractivity contribution is 5.77. The normalized spacial score (nSPS) is 15.4. The van der Waals surface area contributed by atoms with Gasteiger partial charge in [-0.1, -0.05) is 19.1 Å². The van der Waals surface area contributed by atoms with Crippen LogP contribution >= 0.6 is 0 Å². The lowest BCUT2D eigenvalue weighted by Crippen LogP contribution is -2.40. The summed E-state index contributed by atoms with van der Waals surface area (Å²) in [6, 6.07) is 7.87. The molecule has 0 aliphatic carbocycles. The molecule has 126 valence electrons. The van der Waals surface area contributed by atoms with Gasteiger partial charge in [0.25, 0.3) is 0 Å². The van der Waals surface area contributed by atoms with E-state index in [1.54, 1.807) is 4.90 Å². The van der Waals surface area contributed by atoms with Gasteiger partial charge in [0.15, 0.2) is 0 Å². The number of hydrogen-bond acceptors (Lipinski definition) is 3. The fourth-order valence-electron chi connectivity index (χ4n) is 2.76. The minimum atomic E-state index is -0.748. The summed E-state index contributed by atoms with van der Waals surface area (Å²) in [7, 11) is 0. The maximum absolute atomic E-state index is 12.2. The topological polar surface area (TPSA) is 66.8 Å². The highest BCUT2D eigenvalue weighted by atomic mass is 16.5. The highest BCUT2D eigenvalue weighted by Crippen LogP contribution is 2.19. The fraction of sp³-hybridized carbons (Fsp3) is 0.556. The van der Waals surface area contributed by atoms with Crippen molar-refractivity contribution in [3.05, 3.63) is 29.8 Å². The zero-order valence-electron chi connectivity index (χ0n) is 13.7. The van der Waals surface area contributed by atoms with E-state index in [4.69, 9.17) is 9.84 Å². The van der Waals surface area contributed by atoms with E-state index in [1.165, 1.54) is 0 Å². The first-order valence-corrected chi connectivity index (χ1v) is 8.32. The first kappa shape index (κ1) is 17.3. The third-order valence-corrected chi connectivity index (χ3v) is 4.22. The molecule has 0 radical (unpaired) electrons. The molecule has 1 N–H and O–H groups in total. The standard InChI is InChI=1S/C18H25NO4/c1-2-13-23-16-6-3-14(4-7-16)5-8-17(20)19-11-9-15(10-12-19)18(21)22/h3-4,6-7,15H,2,5,8-13H2,1H3,(H,21,22). The van der Waals surface area contributed by atoms with Gasteiger partial charge in [-0.25, -0.2) is 0 Å². The van der Waals surface area contributed by atoms with E-state index in [-0.39, 0.29) is 11.8 Å². The Morgan fingerprint density at radius 2 is 1.87 bits per heavy atom. The van der Waals surface area contributed by atoms with Gasteiger partial charge in [-0.15, -0.1) is 0 Å². The van der Waals surface area contributed by atoms with Crippen LogP contribution in [0.1, 0.15) is 38.2 Å². The van der Waals surface area contributed by atoms with Gasteiger partial charge in [0.2, 0.25) is 5.91 Å². The van der Waals surface area contributed by atoms with E-state index < -0.39 is 5.97 Å². The summed E-state index contributed by atoms with van der Waals surface area (Å²) in [6.45, 7) is 3.89. The van der Waals surface area contributed by atoms with Crippen LogP contribution in [0.5, 0.6) is 5.75 Å². The lowest BCUT2D eigenvalue weighted by Gasteiger charge is -2.30. The molecule has 23 heavy (non-hydrogen) atoms. The Bertz CT molecular complexity index is 518. The number of benzene rings is 1. The second kappa shape index (κ2) is 8.56. The SMILES string of the molecule is CCCOc1ccc(CCC(=O)N2CCC(C(=O)O)CC2)cc1. The van der Waals surface area contributed by atoms with Crippen molar-refractivity contribution < 1.29 is 19.4 Å². The molecule has 1 amide bonds.